The minimum atomic E-state index is -0.136. The molecule has 0 spiro atoms. The molecule has 0 aliphatic heterocycles. The zero-order valence-electron chi connectivity index (χ0n) is 10.7. The Balaban J connectivity index is 2.74. The van der Waals surface area contributed by atoms with Gasteiger partial charge in [0.1, 0.15) is 0 Å². The predicted octanol–water partition coefficient (Wildman–Crippen LogP) is -0.200. The summed E-state index contributed by atoms with van der Waals surface area (Å²) in [4.78, 5) is 22.0. The maximum absolute atomic E-state index is 11.8. The molecule has 17 heavy (non-hydrogen) atoms. The number of hydrogen-bond acceptors (Lipinski definition) is 5. The maximum Gasteiger partial charge on any atom is 0.254 e. The van der Waals surface area contributed by atoms with Gasteiger partial charge in [0.2, 0.25) is 5.95 Å². The van der Waals surface area contributed by atoms with Crippen molar-refractivity contribution < 1.29 is 4.79 Å². The third-order valence-corrected chi connectivity index (χ3v) is 2.27. The van der Waals surface area contributed by atoms with Gasteiger partial charge in [-0.2, -0.15) is 0 Å². The monoisotopic (exact) mass is 237 g/mol. The van der Waals surface area contributed by atoms with Gasteiger partial charge in [-0.1, -0.05) is 0 Å². The van der Waals surface area contributed by atoms with Crippen LogP contribution in [0.15, 0.2) is 6.20 Å². The van der Waals surface area contributed by atoms with Crippen molar-refractivity contribution in [3.8, 4) is 0 Å². The second-order valence-electron chi connectivity index (χ2n) is 3.92. The number of hydrogen-bond donors (Lipinski definition) is 2. The molecule has 0 fully saturated rings. The number of rotatable bonds is 5. The molecule has 2 N–H and O–H groups in total. The van der Waals surface area contributed by atoms with E-state index in [1.165, 1.54) is 0 Å². The van der Waals surface area contributed by atoms with E-state index in [1.807, 2.05) is 28.1 Å². The molecule has 0 unspecified atom stereocenters. The lowest BCUT2D eigenvalue weighted by Gasteiger charge is -2.12. The first-order valence-electron chi connectivity index (χ1n) is 5.50. The van der Waals surface area contributed by atoms with Crippen LogP contribution in [0.25, 0.3) is 0 Å². The second kappa shape index (κ2) is 6.15. The van der Waals surface area contributed by atoms with Crippen LogP contribution in [-0.4, -0.2) is 50.1 Å². The summed E-state index contributed by atoms with van der Waals surface area (Å²) in [7, 11) is 5.56. The molecular formula is C11H19N5O. The molecular weight excluding hydrogens is 218 g/mol. The van der Waals surface area contributed by atoms with Crippen LogP contribution in [0, 0.1) is 6.92 Å². The largest absolute Gasteiger partial charge is 0.351 e. The number of carbonyl (C=O) groups excluding carboxylic acids is 1. The summed E-state index contributed by atoms with van der Waals surface area (Å²) in [6.45, 7) is 3.13. The van der Waals surface area contributed by atoms with Gasteiger partial charge in [0, 0.05) is 33.4 Å². The fourth-order valence-corrected chi connectivity index (χ4v) is 1.29. The smallest absolute Gasteiger partial charge is 0.254 e. The Morgan fingerprint density at radius 2 is 2.12 bits per heavy atom. The van der Waals surface area contributed by atoms with Gasteiger partial charge >= 0.3 is 0 Å². The van der Waals surface area contributed by atoms with E-state index < -0.39 is 0 Å². The van der Waals surface area contributed by atoms with E-state index in [0.717, 1.165) is 6.54 Å². The molecule has 6 nitrogen and oxygen atoms in total. The molecule has 0 atom stereocenters. The van der Waals surface area contributed by atoms with Crippen LogP contribution >= 0.6 is 0 Å². The first-order valence-corrected chi connectivity index (χ1v) is 5.50. The molecule has 6 heteroatoms. The highest BCUT2D eigenvalue weighted by Crippen LogP contribution is 2.08. The molecule has 0 saturated heterocycles. The third kappa shape index (κ3) is 3.67. The molecule has 0 aliphatic rings. The number of carbonyl (C=O) groups is 1. The molecule has 0 aliphatic carbocycles. The van der Waals surface area contributed by atoms with Gasteiger partial charge in [-0.25, -0.2) is 9.97 Å². The third-order valence-electron chi connectivity index (χ3n) is 2.27. The molecule has 1 amide bonds. The first kappa shape index (κ1) is 13.4. The molecule has 0 radical (unpaired) electrons. The van der Waals surface area contributed by atoms with Gasteiger partial charge in [-0.15, -0.1) is 0 Å². The second-order valence-corrected chi connectivity index (χ2v) is 3.92. The summed E-state index contributed by atoms with van der Waals surface area (Å²) in [5.74, 6) is 0.470. The van der Waals surface area contributed by atoms with Crippen molar-refractivity contribution in [3.63, 3.8) is 0 Å². The lowest BCUT2D eigenvalue weighted by atomic mass is 10.2. The molecule has 0 bridgehead atoms. The van der Waals surface area contributed by atoms with Crippen molar-refractivity contribution in [2.75, 3.05) is 39.1 Å². The van der Waals surface area contributed by atoms with Crippen LogP contribution in [0.1, 0.15) is 16.1 Å². The minimum absolute atomic E-state index is 0.136. The standard InChI is InChI=1S/C11H19N5O/c1-8-9(10(17)13-6-5-12-2)7-14-11(15-8)16(3)4/h7,12H,5-6H2,1-4H3,(H,13,17). The van der Waals surface area contributed by atoms with Crippen LogP contribution in [0.4, 0.5) is 5.95 Å². The van der Waals surface area contributed by atoms with Crippen LogP contribution in [-0.2, 0) is 0 Å². The van der Waals surface area contributed by atoms with E-state index in [-0.39, 0.29) is 5.91 Å². The van der Waals surface area contributed by atoms with Gasteiger partial charge in [0.05, 0.1) is 11.3 Å². The normalized spacial score (nSPS) is 10.1. The zero-order chi connectivity index (χ0) is 12.8. The van der Waals surface area contributed by atoms with Gasteiger partial charge in [0.15, 0.2) is 0 Å². The number of aryl methyl sites for hydroxylation is 1. The number of nitrogens with zero attached hydrogens (tertiary/aromatic N) is 3. The first-order chi connectivity index (χ1) is 8.06. The molecule has 1 heterocycles. The van der Waals surface area contributed by atoms with E-state index in [0.29, 0.717) is 23.8 Å². The van der Waals surface area contributed by atoms with E-state index in [1.54, 1.807) is 11.1 Å². The van der Waals surface area contributed by atoms with Crippen molar-refractivity contribution in [2.24, 2.45) is 0 Å². The SMILES string of the molecule is CNCCNC(=O)c1cnc(N(C)C)nc1C. The van der Waals surface area contributed by atoms with Crippen LogP contribution in [0.3, 0.4) is 0 Å². The number of nitrogens with one attached hydrogen (secondary N) is 2. The topological polar surface area (TPSA) is 70.2 Å². The van der Waals surface area contributed by atoms with Crippen molar-refractivity contribution >= 4 is 11.9 Å². The Kier molecular flexibility index (Phi) is 4.84. The highest BCUT2D eigenvalue weighted by molar-refractivity contribution is 5.94. The van der Waals surface area contributed by atoms with Crippen LogP contribution < -0.4 is 15.5 Å². The van der Waals surface area contributed by atoms with Crippen molar-refractivity contribution in [3.05, 3.63) is 17.5 Å². The predicted molar refractivity (Wildman–Crippen MR) is 67.4 cm³/mol. The fraction of sp³-hybridized carbons (Fsp3) is 0.545. The van der Waals surface area contributed by atoms with Crippen molar-refractivity contribution in [1.29, 1.82) is 0 Å². The number of anilines is 1. The van der Waals surface area contributed by atoms with Crippen LogP contribution in [0.2, 0.25) is 0 Å². The van der Waals surface area contributed by atoms with E-state index in [4.69, 9.17) is 0 Å². The van der Waals surface area contributed by atoms with E-state index in [2.05, 4.69) is 20.6 Å². The van der Waals surface area contributed by atoms with Gasteiger partial charge in [-0.05, 0) is 14.0 Å². The quantitative estimate of drug-likeness (QED) is 0.694. The zero-order valence-corrected chi connectivity index (χ0v) is 10.7. The Labute approximate surface area is 101 Å². The molecule has 0 aromatic carbocycles. The Bertz CT molecular complexity index is 391. The Hall–Kier alpha value is -1.69. The highest BCUT2D eigenvalue weighted by Gasteiger charge is 2.11. The Morgan fingerprint density at radius 1 is 1.41 bits per heavy atom. The van der Waals surface area contributed by atoms with E-state index in [9.17, 15) is 4.79 Å². The minimum Gasteiger partial charge on any atom is -0.351 e. The Morgan fingerprint density at radius 3 is 2.65 bits per heavy atom. The molecule has 0 saturated carbocycles. The number of aromatic nitrogens is 2. The average molecular weight is 237 g/mol. The van der Waals surface area contributed by atoms with Crippen molar-refractivity contribution in [2.45, 2.75) is 6.92 Å². The molecule has 1 aromatic heterocycles. The summed E-state index contributed by atoms with van der Waals surface area (Å²) in [5, 5.41) is 5.75. The molecule has 94 valence electrons. The molecule has 1 aromatic rings. The number of amides is 1. The average Bonchev–Trinajstić information content (AvgIpc) is 2.28. The van der Waals surface area contributed by atoms with Gasteiger partial charge in [-0.3, -0.25) is 4.79 Å². The summed E-state index contributed by atoms with van der Waals surface area (Å²) in [6.07, 6.45) is 1.56. The summed E-state index contributed by atoms with van der Waals surface area (Å²) >= 11 is 0. The summed E-state index contributed by atoms with van der Waals surface area (Å²) < 4.78 is 0. The molecule has 1 rings (SSSR count). The lowest BCUT2D eigenvalue weighted by molar-refractivity contribution is 0.0952. The van der Waals surface area contributed by atoms with Gasteiger partial charge < -0.3 is 15.5 Å². The summed E-state index contributed by atoms with van der Waals surface area (Å²) in [6, 6.07) is 0. The van der Waals surface area contributed by atoms with E-state index >= 15 is 0 Å². The maximum atomic E-state index is 11.8. The number of likely N-dealkylation sites (N-methyl/N-ethyl adjacent to an activating group) is 1. The van der Waals surface area contributed by atoms with Gasteiger partial charge in [0.25, 0.3) is 5.91 Å². The van der Waals surface area contributed by atoms with Crippen LogP contribution in [0.5, 0.6) is 0 Å². The highest BCUT2D eigenvalue weighted by atomic mass is 16.1. The fourth-order valence-electron chi connectivity index (χ4n) is 1.29. The lowest BCUT2D eigenvalue weighted by Crippen LogP contribution is -2.31. The van der Waals surface area contributed by atoms with Crippen molar-refractivity contribution in [1.82, 2.24) is 20.6 Å². The summed E-state index contributed by atoms with van der Waals surface area (Å²) in [5.41, 5.74) is 1.21.